The van der Waals surface area contributed by atoms with Crippen LogP contribution in [0.2, 0.25) is 0 Å². The molecule has 0 radical (unpaired) electrons. The molecule has 2 rings (SSSR count). The predicted molar refractivity (Wildman–Crippen MR) is 56.9 cm³/mol. The van der Waals surface area contributed by atoms with Gasteiger partial charge in [0.1, 0.15) is 0 Å². The van der Waals surface area contributed by atoms with E-state index in [1.54, 1.807) is 11.3 Å². The molecule has 0 aliphatic rings. The van der Waals surface area contributed by atoms with Crippen molar-refractivity contribution in [2.45, 2.75) is 19.4 Å². The SMILES string of the molecule is CCC(N)c1cc2sccc2s1. The summed E-state index contributed by atoms with van der Waals surface area (Å²) in [7, 11) is 0. The van der Waals surface area contributed by atoms with Gasteiger partial charge in [0.05, 0.1) is 0 Å². The van der Waals surface area contributed by atoms with Crippen molar-refractivity contribution in [3.63, 3.8) is 0 Å². The number of fused-ring (bicyclic) bond motifs is 1. The smallest absolute Gasteiger partial charge is 0.0454 e. The Morgan fingerprint density at radius 2 is 2.33 bits per heavy atom. The summed E-state index contributed by atoms with van der Waals surface area (Å²) in [6.45, 7) is 2.12. The highest BCUT2D eigenvalue weighted by molar-refractivity contribution is 7.26. The average Bonchev–Trinajstić information content (AvgIpc) is 2.60. The second kappa shape index (κ2) is 3.17. The van der Waals surface area contributed by atoms with Gasteiger partial charge in [-0.2, -0.15) is 0 Å². The first kappa shape index (κ1) is 8.23. The van der Waals surface area contributed by atoms with E-state index < -0.39 is 0 Å². The van der Waals surface area contributed by atoms with Gasteiger partial charge in [0.25, 0.3) is 0 Å². The van der Waals surface area contributed by atoms with Crippen molar-refractivity contribution in [1.29, 1.82) is 0 Å². The van der Waals surface area contributed by atoms with Gasteiger partial charge >= 0.3 is 0 Å². The normalized spacial score (nSPS) is 13.8. The minimum absolute atomic E-state index is 0.231. The first-order valence-electron chi connectivity index (χ1n) is 4.03. The van der Waals surface area contributed by atoms with E-state index in [9.17, 15) is 0 Å². The van der Waals surface area contributed by atoms with E-state index in [4.69, 9.17) is 5.73 Å². The zero-order valence-electron chi connectivity index (χ0n) is 6.91. The fourth-order valence-electron chi connectivity index (χ4n) is 1.17. The molecule has 0 saturated carbocycles. The molecule has 0 fully saturated rings. The number of hydrogen-bond acceptors (Lipinski definition) is 3. The van der Waals surface area contributed by atoms with Gasteiger partial charge in [0.15, 0.2) is 0 Å². The molecule has 0 saturated heterocycles. The lowest BCUT2D eigenvalue weighted by Gasteiger charge is -2.03. The fourth-order valence-corrected chi connectivity index (χ4v) is 3.37. The Kier molecular flexibility index (Phi) is 2.17. The molecule has 1 atom stereocenters. The van der Waals surface area contributed by atoms with Crippen LogP contribution in [0.25, 0.3) is 9.40 Å². The van der Waals surface area contributed by atoms with E-state index >= 15 is 0 Å². The summed E-state index contributed by atoms with van der Waals surface area (Å²) in [5.74, 6) is 0. The Balaban J connectivity index is 2.44. The standard InChI is InChI=1S/C9H11NS2/c1-2-6(10)8-5-9-7(12-8)3-4-11-9/h3-6H,2,10H2,1H3. The van der Waals surface area contributed by atoms with Crippen LogP contribution in [0.3, 0.4) is 0 Å². The molecular weight excluding hydrogens is 186 g/mol. The molecule has 0 amide bonds. The summed E-state index contributed by atoms with van der Waals surface area (Å²) in [6, 6.07) is 4.62. The van der Waals surface area contributed by atoms with Gasteiger partial charge in [-0.1, -0.05) is 6.92 Å². The van der Waals surface area contributed by atoms with E-state index in [2.05, 4.69) is 24.4 Å². The van der Waals surface area contributed by atoms with Crippen molar-refractivity contribution in [2.75, 3.05) is 0 Å². The van der Waals surface area contributed by atoms with Gasteiger partial charge in [-0.15, -0.1) is 22.7 Å². The zero-order valence-corrected chi connectivity index (χ0v) is 8.54. The molecule has 2 heterocycles. The molecular formula is C9H11NS2. The summed E-state index contributed by atoms with van der Waals surface area (Å²) in [5, 5.41) is 2.13. The van der Waals surface area contributed by atoms with Crippen LogP contribution in [0.15, 0.2) is 17.5 Å². The second-order valence-electron chi connectivity index (χ2n) is 2.81. The minimum Gasteiger partial charge on any atom is -0.323 e. The maximum atomic E-state index is 5.93. The third-order valence-electron chi connectivity index (χ3n) is 1.96. The van der Waals surface area contributed by atoms with Crippen LogP contribution in [0.4, 0.5) is 0 Å². The Morgan fingerprint density at radius 3 is 3.00 bits per heavy atom. The highest BCUT2D eigenvalue weighted by atomic mass is 32.1. The van der Waals surface area contributed by atoms with E-state index in [1.165, 1.54) is 14.3 Å². The van der Waals surface area contributed by atoms with Crippen molar-refractivity contribution in [3.05, 3.63) is 22.4 Å². The number of thiophene rings is 2. The van der Waals surface area contributed by atoms with Gasteiger partial charge in [-0.3, -0.25) is 0 Å². The molecule has 2 aromatic heterocycles. The highest BCUT2D eigenvalue weighted by Gasteiger charge is 2.07. The largest absolute Gasteiger partial charge is 0.323 e. The lowest BCUT2D eigenvalue weighted by Crippen LogP contribution is -2.05. The highest BCUT2D eigenvalue weighted by Crippen LogP contribution is 2.33. The quantitative estimate of drug-likeness (QED) is 0.784. The molecule has 1 nitrogen and oxygen atoms in total. The molecule has 0 aromatic carbocycles. The van der Waals surface area contributed by atoms with Crippen LogP contribution < -0.4 is 5.73 Å². The number of rotatable bonds is 2. The van der Waals surface area contributed by atoms with E-state index in [0.29, 0.717) is 0 Å². The van der Waals surface area contributed by atoms with Crippen molar-refractivity contribution in [3.8, 4) is 0 Å². The lowest BCUT2D eigenvalue weighted by atomic mass is 10.2. The monoisotopic (exact) mass is 197 g/mol. The maximum absolute atomic E-state index is 5.93. The van der Waals surface area contributed by atoms with Gasteiger partial charge < -0.3 is 5.73 Å². The van der Waals surface area contributed by atoms with Crippen LogP contribution in [0.5, 0.6) is 0 Å². The number of hydrogen-bond donors (Lipinski definition) is 1. The van der Waals surface area contributed by atoms with Crippen molar-refractivity contribution in [2.24, 2.45) is 5.73 Å². The van der Waals surface area contributed by atoms with E-state index in [-0.39, 0.29) is 6.04 Å². The Hall–Kier alpha value is -0.380. The van der Waals surface area contributed by atoms with Gasteiger partial charge in [-0.05, 0) is 23.9 Å². The predicted octanol–water partition coefficient (Wildman–Crippen LogP) is 3.37. The Bertz CT molecular complexity index is 346. The molecule has 1 unspecified atom stereocenters. The van der Waals surface area contributed by atoms with Gasteiger partial charge in [0, 0.05) is 20.3 Å². The first-order chi connectivity index (χ1) is 5.81. The van der Waals surface area contributed by atoms with Gasteiger partial charge in [0.2, 0.25) is 0 Å². The first-order valence-corrected chi connectivity index (χ1v) is 5.73. The maximum Gasteiger partial charge on any atom is 0.0454 e. The van der Waals surface area contributed by atoms with E-state index in [0.717, 1.165) is 6.42 Å². The Morgan fingerprint density at radius 1 is 1.50 bits per heavy atom. The zero-order chi connectivity index (χ0) is 8.55. The second-order valence-corrected chi connectivity index (χ2v) is 4.88. The van der Waals surface area contributed by atoms with Crippen LogP contribution >= 0.6 is 22.7 Å². The van der Waals surface area contributed by atoms with Crippen molar-refractivity contribution >= 4 is 32.1 Å². The topological polar surface area (TPSA) is 26.0 Å². The molecule has 64 valence electrons. The minimum atomic E-state index is 0.231. The summed E-state index contributed by atoms with van der Waals surface area (Å²) >= 11 is 3.61. The Labute approximate surface area is 79.8 Å². The molecule has 2 N–H and O–H groups in total. The van der Waals surface area contributed by atoms with Crippen LogP contribution in [-0.4, -0.2) is 0 Å². The summed E-state index contributed by atoms with van der Waals surface area (Å²) in [5.41, 5.74) is 5.93. The molecule has 0 spiro atoms. The van der Waals surface area contributed by atoms with Crippen LogP contribution in [0.1, 0.15) is 24.3 Å². The van der Waals surface area contributed by atoms with Crippen molar-refractivity contribution in [1.82, 2.24) is 0 Å². The van der Waals surface area contributed by atoms with Gasteiger partial charge in [-0.25, -0.2) is 0 Å². The lowest BCUT2D eigenvalue weighted by molar-refractivity contribution is 0.713. The molecule has 3 heteroatoms. The molecule has 12 heavy (non-hydrogen) atoms. The van der Waals surface area contributed by atoms with Crippen LogP contribution in [0, 0.1) is 0 Å². The van der Waals surface area contributed by atoms with E-state index in [1.807, 2.05) is 11.3 Å². The summed E-state index contributed by atoms with van der Waals surface area (Å²) < 4.78 is 2.75. The van der Waals surface area contributed by atoms with Crippen LogP contribution in [-0.2, 0) is 0 Å². The third-order valence-corrected chi connectivity index (χ3v) is 4.19. The average molecular weight is 197 g/mol. The third kappa shape index (κ3) is 1.28. The molecule has 0 bridgehead atoms. The van der Waals surface area contributed by atoms with Crippen molar-refractivity contribution < 1.29 is 0 Å². The summed E-state index contributed by atoms with van der Waals surface area (Å²) in [4.78, 5) is 1.32. The molecule has 2 aromatic rings. The molecule has 0 aliphatic heterocycles. The number of nitrogens with two attached hydrogens (primary N) is 1. The fraction of sp³-hybridized carbons (Fsp3) is 0.333. The summed E-state index contributed by atoms with van der Waals surface area (Å²) in [6.07, 6.45) is 1.02. The molecule has 0 aliphatic carbocycles.